The molecule has 1 fully saturated rings. The zero-order chi connectivity index (χ0) is 16.0. The van der Waals surface area contributed by atoms with Gasteiger partial charge in [0.1, 0.15) is 6.61 Å². The molecule has 0 aliphatic heterocycles. The van der Waals surface area contributed by atoms with Crippen molar-refractivity contribution in [3.63, 3.8) is 0 Å². The number of fused-ring (bicyclic) bond motifs is 1. The smallest absolute Gasteiger partial charge is 0.202 e. The number of hydrogen-bond acceptors (Lipinski definition) is 4. The number of aromatic nitrogens is 1. The third-order valence-electron chi connectivity index (χ3n) is 3.75. The first-order valence-corrected chi connectivity index (χ1v) is 6.74. The minimum Gasteiger partial charge on any atom is -0.491 e. The summed E-state index contributed by atoms with van der Waals surface area (Å²) in [4.78, 5) is 24.1. The van der Waals surface area contributed by atoms with Crippen LogP contribution in [0.15, 0.2) is 17.1 Å². The van der Waals surface area contributed by atoms with Crippen LogP contribution in [0.4, 0.5) is 8.78 Å². The van der Waals surface area contributed by atoms with Crippen LogP contribution < -0.4 is 10.2 Å². The Morgan fingerprint density at radius 2 is 2.14 bits per heavy atom. The fraction of sp³-hybridized carbons (Fsp3) is 0.333. The Balaban J connectivity index is 2.47. The lowest BCUT2D eigenvalue weighted by Gasteiger charge is -2.15. The standard InChI is InChI=1S/C15H13F2NO4/c1-22-15-12(17)10(16)4-8-13(15)18(7-2-3-7)5-9(14(8)21)11(20)6-19/h4-5,7,19H,2-3,6H2,1H3. The van der Waals surface area contributed by atoms with E-state index >= 15 is 0 Å². The van der Waals surface area contributed by atoms with Crippen molar-refractivity contribution in [2.24, 2.45) is 0 Å². The molecule has 1 heterocycles. The molecule has 116 valence electrons. The molecule has 0 atom stereocenters. The number of carbonyl (C=O) groups excluding carboxylic acids is 1. The topological polar surface area (TPSA) is 68.5 Å². The van der Waals surface area contributed by atoms with Crippen LogP contribution in [-0.2, 0) is 0 Å². The van der Waals surface area contributed by atoms with Crippen molar-refractivity contribution >= 4 is 16.7 Å². The van der Waals surface area contributed by atoms with Gasteiger partial charge in [-0.2, -0.15) is 4.39 Å². The molecule has 0 amide bonds. The van der Waals surface area contributed by atoms with Crippen molar-refractivity contribution in [3.8, 4) is 5.75 Å². The molecule has 1 aliphatic rings. The lowest BCUT2D eigenvalue weighted by Crippen LogP contribution is -2.21. The van der Waals surface area contributed by atoms with Crippen LogP contribution in [0.5, 0.6) is 5.75 Å². The molecule has 0 radical (unpaired) electrons. The maximum Gasteiger partial charge on any atom is 0.202 e. The highest BCUT2D eigenvalue weighted by Crippen LogP contribution is 2.40. The summed E-state index contributed by atoms with van der Waals surface area (Å²) >= 11 is 0. The molecule has 1 N–H and O–H groups in total. The van der Waals surface area contributed by atoms with Gasteiger partial charge in [0.05, 0.1) is 23.6 Å². The van der Waals surface area contributed by atoms with Gasteiger partial charge in [0, 0.05) is 12.2 Å². The Morgan fingerprint density at radius 1 is 1.45 bits per heavy atom. The fourth-order valence-electron chi connectivity index (χ4n) is 2.54. The number of Topliss-reactive ketones (excluding diaryl/α,β-unsaturated/α-hetero) is 1. The number of nitrogens with zero attached hydrogens (tertiary/aromatic N) is 1. The van der Waals surface area contributed by atoms with Gasteiger partial charge in [-0.3, -0.25) is 9.59 Å². The molecule has 2 aromatic rings. The average molecular weight is 309 g/mol. The zero-order valence-electron chi connectivity index (χ0n) is 11.7. The first kappa shape index (κ1) is 14.6. The predicted octanol–water partition coefficient (Wildman–Crippen LogP) is 1.80. The van der Waals surface area contributed by atoms with E-state index in [0.717, 1.165) is 18.9 Å². The summed E-state index contributed by atoms with van der Waals surface area (Å²) in [6, 6.07) is 0.759. The Morgan fingerprint density at radius 3 is 2.68 bits per heavy atom. The molecular formula is C15H13F2NO4. The number of rotatable bonds is 4. The minimum atomic E-state index is -1.22. The van der Waals surface area contributed by atoms with Crippen molar-refractivity contribution in [2.75, 3.05) is 13.7 Å². The van der Waals surface area contributed by atoms with E-state index in [-0.39, 0.29) is 28.3 Å². The Hall–Kier alpha value is -2.28. The summed E-state index contributed by atoms with van der Waals surface area (Å²) in [5, 5.41) is 8.84. The Labute approximate surface area is 123 Å². The number of ketones is 1. The number of aliphatic hydroxyl groups excluding tert-OH is 1. The van der Waals surface area contributed by atoms with E-state index in [9.17, 15) is 18.4 Å². The first-order valence-electron chi connectivity index (χ1n) is 6.74. The summed E-state index contributed by atoms with van der Waals surface area (Å²) < 4.78 is 34.1. The van der Waals surface area contributed by atoms with Crippen molar-refractivity contribution in [1.82, 2.24) is 4.57 Å². The molecule has 5 nitrogen and oxygen atoms in total. The molecular weight excluding hydrogens is 296 g/mol. The van der Waals surface area contributed by atoms with Crippen LogP contribution in [0.25, 0.3) is 10.9 Å². The van der Waals surface area contributed by atoms with E-state index in [0.29, 0.717) is 0 Å². The van der Waals surface area contributed by atoms with Gasteiger partial charge in [0.2, 0.25) is 11.2 Å². The van der Waals surface area contributed by atoms with E-state index in [4.69, 9.17) is 9.84 Å². The highest BCUT2D eigenvalue weighted by molar-refractivity contribution is 6.00. The normalized spacial score (nSPS) is 14.4. The number of carbonyl (C=O) groups is 1. The number of hydrogen-bond donors (Lipinski definition) is 1. The Bertz CT molecular complexity index is 840. The summed E-state index contributed by atoms with van der Waals surface area (Å²) in [5.41, 5.74) is -0.860. The van der Waals surface area contributed by atoms with Crippen LogP contribution in [0.1, 0.15) is 29.2 Å². The van der Waals surface area contributed by atoms with Crippen molar-refractivity contribution < 1.29 is 23.4 Å². The molecule has 1 aliphatic carbocycles. The molecule has 22 heavy (non-hydrogen) atoms. The third kappa shape index (κ3) is 2.09. The van der Waals surface area contributed by atoms with Crippen molar-refractivity contribution in [2.45, 2.75) is 18.9 Å². The molecule has 7 heteroatoms. The second kappa shape index (κ2) is 5.17. The molecule has 1 aromatic carbocycles. The van der Waals surface area contributed by atoms with Crippen LogP contribution in [0, 0.1) is 11.6 Å². The van der Waals surface area contributed by atoms with Gasteiger partial charge < -0.3 is 14.4 Å². The maximum atomic E-state index is 13.9. The molecule has 1 aromatic heterocycles. The van der Waals surface area contributed by atoms with Crippen LogP contribution in [0.3, 0.4) is 0 Å². The fourth-order valence-corrected chi connectivity index (χ4v) is 2.54. The van der Waals surface area contributed by atoms with Gasteiger partial charge in [-0.05, 0) is 18.9 Å². The van der Waals surface area contributed by atoms with E-state index in [1.54, 1.807) is 4.57 Å². The SMILES string of the molecule is COc1c(F)c(F)cc2c(=O)c(C(=O)CO)cn(C3CC3)c12. The van der Waals surface area contributed by atoms with E-state index in [2.05, 4.69) is 0 Å². The van der Waals surface area contributed by atoms with Gasteiger partial charge in [-0.15, -0.1) is 0 Å². The number of methoxy groups -OCH3 is 1. The zero-order valence-corrected chi connectivity index (χ0v) is 11.7. The molecule has 3 rings (SSSR count). The van der Waals surface area contributed by atoms with Gasteiger partial charge >= 0.3 is 0 Å². The summed E-state index contributed by atoms with van der Waals surface area (Å²) in [6.07, 6.45) is 2.89. The second-order valence-corrected chi connectivity index (χ2v) is 5.19. The maximum absolute atomic E-state index is 13.9. The average Bonchev–Trinajstić information content (AvgIpc) is 3.34. The Kier molecular flexibility index (Phi) is 3.44. The first-order chi connectivity index (χ1) is 10.5. The lowest BCUT2D eigenvalue weighted by molar-refractivity contribution is 0.0902. The molecule has 0 unspecified atom stereocenters. The van der Waals surface area contributed by atoms with Crippen LogP contribution in [0.2, 0.25) is 0 Å². The van der Waals surface area contributed by atoms with E-state index in [1.807, 2.05) is 0 Å². The molecule has 0 saturated heterocycles. The van der Waals surface area contributed by atoms with E-state index in [1.165, 1.54) is 13.3 Å². The number of halogens is 2. The van der Waals surface area contributed by atoms with Gasteiger partial charge in [0.15, 0.2) is 17.3 Å². The number of benzene rings is 1. The van der Waals surface area contributed by atoms with Crippen molar-refractivity contribution in [1.29, 1.82) is 0 Å². The minimum absolute atomic E-state index is 0.00731. The predicted molar refractivity (Wildman–Crippen MR) is 74.4 cm³/mol. The second-order valence-electron chi connectivity index (χ2n) is 5.19. The third-order valence-corrected chi connectivity index (χ3v) is 3.75. The van der Waals surface area contributed by atoms with Crippen LogP contribution >= 0.6 is 0 Å². The van der Waals surface area contributed by atoms with Gasteiger partial charge in [-0.1, -0.05) is 0 Å². The monoisotopic (exact) mass is 309 g/mol. The number of aliphatic hydroxyl groups is 1. The number of pyridine rings is 1. The van der Waals surface area contributed by atoms with Gasteiger partial charge in [0.25, 0.3) is 0 Å². The summed E-state index contributed by atoms with van der Waals surface area (Å²) in [5.74, 6) is -3.52. The summed E-state index contributed by atoms with van der Waals surface area (Å²) in [7, 11) is 1.19. The number of ether oxygens (including phenoxy) is 1. The van der Waals surface area contributed by atoms with E-state index < -0.39 is 29.5 Å². The quantitative estimate of drug-likeness (QED) is 0.875. The molecule has 1 saturated carbocycles. The van der Waals surface area contributed by atoms with Crippen molar-refractivity contribution in [3.05, 3.63) is 39.7 Å². The largest absolute Gasteiger partial charge is 0.491 e. The highest BCUT2D eigenvalue weighted by atomic mass is 19.2. The molecule has 0 bridgehead atoms. The molecule has 0 spiro atoms. The lowest BCUT2D eigenvalue weighted by atomic mass is 10.1. The van der Waals surface area contributed by atoms with Crippen LogP contribution in [-0.4, -0.2) is 29.2 Å². The summed E-state index contributed by atoms with van der Waals surface area (Å²) in [6.45, 7) is -0.827. The highest BCUT2D eigenvalue weighted by Gasteiger charge is 2.30. The van der Waals surface area contributed by atoms with Gasteiger partial charge in [-0.25, -0.2) is 4.39 Å².